The first-order valence-electron chi connectivity index (χ1n) is 8.47. The number of amides is 3. The fraction of sp³-hybridized carbons (Fsp3) is 0.158. The Bertz CT molecular complexity index is 1050. The van der Waals surface area contributed by atoms with Crippen LogP contribution in [0, 0.1) is 6.92 Å². The number of benzene rings is 1. The normalized spacial score (nSPS) is 10.6. The molecule has 0 saturated carbocycles. The number of nitrogens with one attached hydrogen (secondary N) is 3. The maximum Gasteiger partial charge on any atom is 0.319 e. The van der Waals surface area contributed by atoms with E-state index in [1.165, 1.54) is 12.3 Å². The average Bonchev–Trinajstić information content (AvgIpc) is 2.64. The largest absolute Gasteiger partial charge is 0.338 e. The molecule has 9 heteroatoms. The number of para-hydroxylation sites is 1. The van der Waals surface area contributed by atoms with Gasteiger partial charge in [-0.15, -0.1) is 0 Å². The molecular weight excluding hydrogens is 401 g/mol. The number of anilines is 2. The maximum absolute atomic E-state index is 12.7. The highest BCUT2D eigenvalue weighted by Gasteiger charge is 2.18. The van der Waals surface area contributed by atoms with Crippen LogP contribution >= 0.6 is 23.2 Å². The molecule has 0 fully saturated rings. The number of nitrogens with zero attached hydrogens (tertiary/aromatic N) is 2. The van der Waals surface area contributed by atoms with Crippen molar-refractivity contribution < 1.29 is 9.59 Å². The number of halogens is 2. The zero-order valence-corrected chi connectivity index (χ0v) is 16.6. The summed E-state index contributed by atoms with van der Waals surface area (Å²) in [7, 11) is 0. The molecule has 0 aliphatic rings. The molecule has 3 N–H and O–H groups in total. The molecule has 3 aromatic rings. The van der Waals surface area contributed by atoms with Gasteiger partial charge in [0.05, 0.1) is 27.5 Å². The van der Waals surface area contributed by atoms with Gasteiger partial charge in [-0.2, -0.15) is 0 Å². The highest BCUT2D eigenvalue weighted by atomic mass is 35.5. The summed E-state index contributed by atoms with van der Waals surface area (Å²) in [6.45, 7) is 4.18. The van der Waals surface area contributed by atoms with Gasteiger partial charge in [-0.1, -0.05) is 35.3 Å². The molecule has 2 aromatic heterocycles. The third-order valence-electron chi connectivity index (χ3n) is 3.99. The Balaban J connectivity index is 2.01. The lowest BCUT2D eigenvalue weighted by molar-refractivity contribution is 0.102. The van der Waals surface area contributed by atoms with Crippen molar-refractivity contribution in [2.24, 2.45) is 0 Å². The van der Waals surface area contributed by atoms with Crippen LogP contribution in [0.3, 0.4) is 0 Å². The number of rotatable bonds is 4. The first-order valence-corrected chi connectivity index (χ1v) is 9.22. The van der Waals surface area contributed by atoms with E-state index in [2.05, 4.69) is 25.9 Å². The van der Waals surface area contributed by atoms with Crippen LogP contribution in [-0.4, -0.2) is 28.5 Å². The molecule has 0 radical (unpaired) electrons. The Morgan fingerprint density at radius 3 is 2.61 bits per heavy atom. The maximum atomic E-state index is 12.7. The van der Waals surface area contributed by atoms with Gasteiger partial charge in [-0.3, -0.25) is 9.78 Å². The summed E-state index contributed by atoms with van der Waals surface area (Å²) in [4.78, 5) is 33.0. The van der Waals surface area contributed by atoms with Crippen molar-refractivity contribution in [2.75, 3.05) is 17.2 Å². The molecule has 28 heavy (non-hydrogen) atoms. The lowest BCUT2D eigenvalue weighted by Gasteiger charge is -2.14. The molecular formula is C19H17Cl2N5O2. The minimum Gasteiger partial charge on any atom is -0.338 e. The second-order valence-corrected chi connectivity index (χ2v) is 6.68. The van der Waals surface area contributed by atoms with Crippen molar-refractivity contribution in [3.05, 3.63) is 58.0 Å². The standard InChI is InChI=1S/C19H17Cl2N5O2/c1-3-22-19(28)26-15-10(2)9-24-16-11(15)5-4-6-13(16)25-18(27)14-12(20)7-8-23-17(14)21/h4-9H,3H2,1-2H3,(H,25,27)(H2,22,24,26,28). The van der Waals surface area contributed by atoms with Crippen LogP contribution < -0.4 is 16.0 Å². The Morgan fingerprint density at radius 2 is 1.89 bits per heavy atom. The Labute approximate surface area is 171 Å². The molecule has 2 heterocycles. The number of hydrogen-bond acceptors (Lipinski definition) is 4. The SMILES string of the molecule is CCNC(=O)Nc1c(C)cnc2c(NC(=O)c3c(Cl)ccnc3Cl)cccc12. The summed E-state index contributed by atoms with van der Waals surface area (Å²) in [6.07, 6.45) is 3.05. The van der Waals surface area contributed by atoms with Crippen LogP contribution in [0.25, 0.3) is 10.9 Å². The molecule has 0 saturated heterocycles. The molecule has 0 atom stereocenters. The van der Waals surface area contributed by atoms with Crippen LogP contribution in [0.5, 0.6) is 0 Å². The van der Waals surface area contributed by atoms with Crippen LogP contribution in [0.4, 0.5) is 16.2 Å². The summed E-state index contributed by atoms with van der Waals surface area (Å²) >= 11 is 12.1. The fourth-order valence-corrected chi connectivity index (χ4v) is 3.23. The third kappa shape index (κ3) is 4.00. The second kappa shape index (κ2) is 8.41. The quantitative estimate of drug-likeness (QED) is 0.538. The molecule has 0 aliphatic carbocycles. The van der Waals surface area contributed by atoms with Gasteiger partial charge < -0.3 is 16.0 Å². The molecule has 3 rings (SSSR count). The van der Waals surface area contributed by atoms with E-state index >= 15 is 0 Å². The number of hydrogen-bond donors (Lipinski definition) is 3. The van der Waals surface area contributed by atoms with Crippen molar-refractivity contribution in [1.82, 2.24) is 15.3 Å². The average molecular weight is 418 g/mol. The minimum atomic E-state index is -0.504. The van der Waals surface area contributed by atoms with Gasteiger partial charge in [0.1, 0.15) is 5.15 Å². The highest BCUT2D eigenvalue weighted by Crippen LogP contribution is 2.31. The molecule has 3 amide bonds. The van der Waals surface area contributed by atoms with E-state index in [4.69, 9.17) is 23.2 Å². The number of fused-ring (bicyclic) bond motifs is 1. The molecule has 0 aliphatic heterocycles. The zero-order valence-electron chi connectivity index (χ0n) is 15.1. The van der Waals surface area contributed by atoms with Crippen molar-refractivity contribution in [3.8, 4) is 0 Å². The van der Waals surface area contributed by atoms with E-state index in [1.54, 1.807) is 18.3 Å². The zero-order chi connectivity index (χ0) is 20.3. The number of aryl methyl sites for hydroxylation is 1. The van der Waals surface area contributed by atoms with E-state index in [9.17, 15) is 9.59 Å². The molecule has 7 nitrogen and oxygen atoms in total. The van der Waals surface area contributed by atoms with Gasteiger partial charge in [0.2, 0.25) is 0 Å². The molecule has 1 aromatic carbocycles. The predicted octanol–water partition coefficient (Wildman–Crippen LogP) is 4.64. The summed E-state index contributed by atoms with van der Waals surface area (Å²) < 4.78 is 0. The first kappa shape index (κ1) is 19.9. The monoisotopic (exact) mass is 417 g/mol. The lowest BCUT2D eigenvalue weighted by Crippen LogP contribution is -2.28. The summed E-state index contributed by atoms with van der Waals surface area (Å²) in [5.41, 5.74) is 2.46. The molecule has 0 spiro atoms. The van der Waals surface area contributed by atoms with Gasteiger partial charge in [-0.05, 0) is 31.5 Å². The van der Waals surface area contributed by atoms with E-state index in [0.29, 0.717) is 28.8 Å². The van der Waals surface area contributed by atoms with Gasteiger partial charge in [0.15, 0.2) is 0 Å². The van der Waals surface area contributed by atoms with E-state index in [0.717, 1.165) is 5.56 Å². The third-order valence-corrected chi connectivity index (χ3v) is 4.59. The van der Waals surface area contributed by atoms with Gasteiger partial charge >= 0.3 is 6.03 Å². The van der Waals surface area contributed by atoms with E-state index in [-0.39, 0.29) is 21.8 Å². The van der Waals surface area contributed by atoms with Crippen LogP contribution in [0.15, 0.2) is 36.7 Å². The smallest absolute Gasteiger partial charge is 0.319 e. The van der Waals surface area contributed by atoms with Crippen LogP contribution in [0.1, 0.15) is 22.8 Å². The predicted molar refractivity (Wildman–Crippen MR) is 111 cm³/mol. The number of aromatic nitrogens is 2. The summed E-state index contributed by atoms with van der Waals surface area (Å²) in [5.74, 6) is -0.504. The van der Waals surface area contributed by atoms with Crippen LogP contribution in [0.2, 0.25) is 10.2 Å². The molecule has 0 unspecified atom stereocenters. The fourth-order valence-electron chi connectivity index (χ4n) is 2.71. The number of carbonyl (C=O) groups excluding carboxylic acids is 2. The van der Waals surface area contributed by atoms with Crippen molar-refractivity contribution >= 4 is 57.4 Å². The van der Waals surface area contributed by atoms with E-state index < -0.39 is 5.91 Å². The minimum absolute atomic E-state index is 0.00707. The Morgan fingerprint density at radius 1 is 1.11 bits per heavy atom. The second-order valence-electron chi connectivity index (χ2n) is 5.92. The number of pyridine rings is 2. The molecule has 0 bridgehead atoms. The topological polar surface area (TPSA) is 96.0 Å². The Kier molecular flexibility index (Phi) is 5.96. The summed E-state index contributed by atoms with van der Waals surface area (Å²) in [6, 6.07) is 6.45. The highest BCUT2D eigenvalue weighted by molar-refractivity contribution is 6.39. The summed E-state index contributed by atoms with van der Waals surface area (Å²) in [5, 5.41) is 9.18. The van der Waals surface area contributed by atoms with Crippen molar-refractivity contribution in [1.29, 1.82) is 0 Å². The Hall–Kier alpha value is -2.90. The number of urea groups is 1. The van der Waals surface area contributed by atoms with Crippen molar-refractivity contribution in [2.45, 2.75) is 13.8 Å². The molecule has 144 valence electrons. The van der Waals surface area contributed by atoms with Gasteiger partial charge in [0, 0.05) is 24.3 Å². The van der Waals surface area contributed by atoms with Gasteiger partial charge in [-0.25, -0.2) is 9.78 Å². The lowest BCUT2D eigenvalue weighted by atomic mass is 10.1. The van der Waals surface area contributed by atoms with Crippen molar-refractivity contribution in [3.63, 3.8) is 0 Å². The first-order chi connectivity index (χ1) is 13.4. The van der Waals surface area contributed by atoms with E-state index in [1.807, 2.05) is 19.9 Å². The number of carbonyl (C=O) groups is 2. The van der Waals surface area contributed by atoms with Crippen LogP contribution in [-0.2, 0) is 0 Å². The van der Waals surface area contributed by atoms with Gasteiger partial charge in [0.25, 0.3) is 5.91 Å².